The summed E-state index contributed by atoms with van der Waals surface area (Å²) < 4.78 is 3.14. The van der Waals surface area contributed by atoms with Crippen LogP contribution in [0.15, 0.2) is 58.5 Å². The number of nitrogens with zero attached hydrogens (tertiary/aromatic N) is 4. The van der Waals surface area contributed by atoms with E-state index in [0.717, 1.165) is 41.0 Å². The van der Waals surface area contributed by atoms with Crippen LogP contribution in [0.2, 0.25) is 0 Å². The minimum absolute atomic E-state index is 0.0420. The van der Waals surface area contributed by atoms with E-state index in [2.05, 4.69) is 30.3 Å². The Kier molecular flexibility index (Phi) is 6.01. The zero-order valence-corrected chi connectivity index (χ0v) is 21.3. The minimum atomic E-state index is -0.326. The van der Waals surface area contributed by atoms with Crippen LogP contribution in [0.5, 0.6) is 0 Å². The first-order valence-electron chi connectivity index (χ1n) is 12.0. The molecule has 2 aromatic heterocycles. The molecule has 1 aliphatic carbocycles. The van der Waals surface area contributed by atoms with Gasteiger partial charge in [0.05, 0.1) is 11.3 Å². The quantitative estimate of drug-likeness (QED) is 0.394. The summed E-state index contributed by atoms with van der Waals surface area (Å²) in [5, 5.41) is 8.15. The number of carbonyl (C=O) groups excluding carboxylic acids is 1. The molecule has 1 amide bonds. The van der Waals surface area contributed by atoms with Crippen molar-refractivity contribution in [3.63, 3.8) is 0 Å². The Hall–Kier alpha value is -3.39. The molecule has 0 bridgehead atoms. The fourth-order valence-electron chi connectivity index (χ4n) is 4.89. The van der Waals surface area contributed by atoms with Crippen LogP contribution < -0.4 is 10.9 Å². The molecule has 5 rings (SSSR count). The first-order valence-corrected chi connectivity index (χ1v) is 12.9. The molecule has 0 unspecified atom stereocenters. The molecule has 0 spiro atoms. The van der Waals surface area contributed by atoms with Crippen molar-refractivity contribution in [3.05, 3.63) is 75.6 Å². The highest BCUT2D eigenvalue weighted by atomic mass is 32.2. The number of hydrogen-bond donors (Lipinski definition) is 1. The highest BCUT2D eigenvalue weighted by molar-refractivity contribution is 7.99. The summed E-state index contributed by atoms with van der Waals surface area (Å²) >= 11 is 1.48. The summed E-state index contributed by atoms with van der Waals surface area (Å²) in [5.74, 6) is 0.914. The molecule has 8 heteroatoms. The van der Waals surface area contributed by atoms with Crippen molar-refractivity contribution in [1.82, 2.24) is 19.2 Å². The van der Waals surface area contributed by atoms with Crippen LogP contribution in [-0.4, -0.2) is 30.8 Å². The summed E-state index contributed by atoms with van der Waals surface area (Å²) in [6.45, 7) is 8.21. The second-order valence-corrected chi connectivity index (χ2v) is 10.5. The van der Waals surface area contributed by atoms with E-state index in [9.17, 15) is 9.59 Å². The minimum Gasteiger partial charge on any atom is -0.324 e. The summed E-state index contributed by atoms with van der Waals surface area (Å²) in [4.78, 5) is 32.0. The highest BCUT2D eigenvalue weighted by Crippen LogP contribution is 2.42. The average molecular weight is 488 g/mol. The maximum atomic E-state index is 14.0. The van der Waals surface area contributed by atoms with E-state index < -0.39 is 0 Å². The van der Waals surface area contributed by atoms with Crippen LogP contribution in [-0.2, 0) is 23.2 Å². The number of thioether (sulfide) groups is 1. The molecule has 180 valence electrons. The number of anilines is 1. The summed E-state index contributed by atoms with van der Waals surface area (Å²) in [6, 6.07) is 15.8. The monoisotopic (exact) mass is 487 g/mol. The topological polar surface area (TPSA) is 81.3 Å². The van der Waals surface area contributed by atoms with Gasteiger partial charge in [-0.1, -0.05) is 68.9 Å². The van der Waals surface area contributed by atoms with Gasteiger partial charge in [-0.3, -0.25) is 9.59 Å². The van der Waals surface area contributed by atoms with E-state index in [4.69, 9.17) is 4.98 Å². The largest absolute Gasteiger partial charge is 0.324 e. The van der Waals surface area contributed by atoms with Gasteiger partial charge in [0.15, 0.2) is 5.16 Å². The molecule has 0 radical (unpaired) electrons. The standard InChI is InChI=1S/C27H29N5O2S/c1-5-27(4)15-18-11-7-8-13-20(18)23-22(27)24(34)32-25(29-23)31(30-26(32)35-6-2)16-21(33)28-19-12-9-10-17(3)14-19/h7-14H,5-6,15-16H2,1-4H3,(H,28,33)/t27-/m1/s1. The lowest BCUT2D eigenvalue weighted by Crippen LogP contribution is -2.38. The van der Waals surface area contributed by atoms with Crippen molar-refractivity contribution >= 4 is 29.1 Å². The number of aromatic nitrogens is 4. The lowest BCUT2D eigenvalue weighted by atomic mass is 9.69. The Morgan fingerprint density at radius 2 is 1.97 bits per heavy atom. The van der Waals surface area contributed by atoms with Gasteiger partial charge in [0.25, 0.3) is 5.56 Å². The summed E-state index contributed by atoms with van der Waals surface area (Å²) in [7, 11) is 0. The second kappa shape index (κ2) is 9.00. The number of fused-ring (bicyclic) bond motifs is 4. The van der Waals surface area contributed by atoms with E-state index in [1.807, 2.05) is 56.3 Å². The zero-order valence-electron chi connectivity index (χ0n) is 20.5. The molecule has 2 heterocycles. The second-order valence-electron chi connectivity index (χ2n) is 9.32. The van der Waals surface area contributed by atoms with Crippen molar-refractivity contribution in [1.29, 1.82) is 0 Å². The Balaban J connectivity index is 1.67. The Labute approximate surface area is 208 Å². The molecule has 0 saturated heterocycles. The molecule has 0 saturated carbocycles. The molecule has 1 aliphatic rings. The van der Waals surface area contributed by atoms with Gasteiger partial charge in [-0.2, -0.15) is 0 Å². The molecule has 4 aromatic rings. The van der Waals surface area contributed by atoms with Crippen LogP contribution in [0.4, 0.5) is 5.69 Å². The highest BCUT2D eigenvalue weighted by Gasteiger charge is 2.38. The molecule has 1 N–H and O–H groups in total. The van der Waals surface area contributed by atoms with Gasteiger partial charge >= 0.3 is 0 Å². The predicted octanol–water partition coefficient (Wildman–Crippen LogP) is 4.84. The number of nitrogens with one attached hydrogen (secondary N) is 1. The number of hydrogen-bond acceptors (Lipinski definition) is 5. The van der Waals surface area contributed by atoms with Crippen molar-refractivity contribution in [2.45, 2.75) is 57.7 Å². The third-order valence-corrected chi connectivity index (χ3v) is 7.61. The number of rotatable bonds is 6. The summed E-state index contributed by atoms with van der Waals surface area (Å²) in [5.41, 5.74) is 4.98. The van der Waals surface area contributed by atoms with E-state index in [1.165, 1.54) is 17.3 Å². The maximum absolute atomic E-state index is 14.0. The molecule has 2 aromatic carbocycles. The predicted molar refractivity (Wildman–Crippen MR) is 140 cm³/mol. The van der Waals surface area contributed by atoms with Crippen LogP contribution in [0.1, 0.15) is 43.9 Å². The summed E-state index contributed by atoms with van der Waals surface area (Å²) in [6.07, 6.45) is 1.61. The molecule has 35 heavy (non-hydrogen) atoms. The van der Waals surface area contributed by atoms with Gasteiger partial charge in [0, 0.05) is 16.7 Å². The van der Waals surface area contributed by atoms with E-state index in [0.29, 0.717) is 16.6 Å². The zero-order chi connectivity index (χ0) is 24.7. The maximum Gasteiger partial charge on any atom is 0.265 e. The third kappa shape index (κ3) is 4.05. The van der Waals surface area contributed by atoms with E-state index >= 15 is 0 Å². The Bertz CT molecular complexity index is 1510. The van der Waals surface area contributed by atoms with Gasteiger partial charge in [-0.25, -0.2) is 14.1 Å². The van der Waals surface area contributed by atoms with Crippen molar-refractivity contribution in [3.8, 4) is 11.3 Å². The third-order valence-electron chi connectivity index (χ3n) is 6.80. The van der Waals surface area contributed by atoms with Gasteiger partial charge in [-0.15, -0.1) is 5.10 Å². The van der Waals surface area contributed by atoms with Crippen LogP contribution in [0.3, 0.4) is 0 Å². The number of carbonyl (C=O) groups is 1. The van der Waals surface area contributed by atoms with E-state index in [1.54, 1.807) is 9.08 Å². The molecule has 7 nitrogen and oxygen atoms in total. The molecular weight excluding hydrogens is 458 g/mol. The number of amides is 1. The lowest BCUT2D eigenvalue weighted by molar-refractivity contribution is -0.116. The fraction of sp³-hybridized carbons (Fsp3) is 0.333. The van der Waals surface area contributed by atoms with Gasteiger partial charge in [0.2, 0.25) is 11.7 Å². The number of aryl methyl sites for hydroxylation is 1. The van der Waals surface area contributed by atoms with Crippen LogP contribution in [0.25, 0.3) is 17.0 Å². The molecule has 0 aliphatic heterocycles. The van der Waals surface area contributed by atoms with Crippen molar-refractivity contribution < 1.29 is 4.79 Å². The smallest absolute Gasteiger partial charge is 0.265 e. The SMILES string of the molecule is CCSc1nn(CC(=O)Nc2cccc(C)c2)c2nc3c(c(=O)n12)[C@](C)(CC)Cc1ccccc1-3. The normalized spacial score (nSPS) is 16.7. The van der Waals surface area contributed by atoms with Crippen molar-refractivity contribution in [2.75, 3.05) is 11.1 Å². The first-order chi connectivity index (χ1) is 16.8. The number of benzene rings is 2. The molecule has 0 fully saturated rings. The van der Waals surface area contributed by atoms with Gasteiger partial charge in [0.1, 0.15) is 6.54 Å². The fourth-order valence-corrected chi connectivity index (χ4v) is 5.60. The first kappa shape index (κ1) is 23.4. The Morgan fingerprint density at radius 3 is 2.71 bits per heavy atom. The lowest BCUT2D eigenvalue weighted by Gasteiger charge is -2.35. The van der Waals surface area contributed by atoms with Crippen molar-refractivity contribution in [2.24, 2.45) is 0 Å². The molecule has 1 atom stereocenters. The molecular formula is C27H29N5O2S. The average Bonchev–Trinajstić information content (AvgIpc) is 3.16. The van der Waals surface area contributed by atoms with Crippen LogP contribution >= 0.6 is 11.8 Å². The Morgan fingerprint density at radius 1 is 1.17 bits per heavy atom. The van der Waals surface area contributed by atoms with Crippen LogP contribution in [0, 0.1) is 6.92 Å². The van der Waals surface area contributed by atoms with E-state index in [-0.39, 0.29) is 23.4 Å². The van der Waals surface area contributed by atoms with Gasteiger partial charge < -0.3 is 5.32 Å². The van der Waals surface area contributed by atoms with Gasteiger partial charge in [-0.05, 0) is 48.8 Å².